The maximum Gasteiger partial charge on any atom is 0.417 e. The summed E-state index contributed by atoms with van der Waals surface area (Å²) in [6.45, 7) is 5.42. The number of pyridine rings is 1. The maximum absolute atomic E-state index is 13.6. The van der Waals surface area contributed by atoms with Crippen molar-refractivity contribution in [1.82, 2.24) is 9.55 Å². The summed E-state index contributed by atoms with van der Waals surface area (Å²) in [7, 11) is 0. The number of halogens is 4. The zero-order chi connectivity index (χ0) is 20.1. The number of fused-ring (bicyclic) bond motifs is 1. The first-order valence-corrected chi connectivity index (χ1v) is 8.42. The largest absolute Gasteiger partial charge is 0.464 e. The first-order chi connectivity index (χ1) is 12.4. The van der Waals surface area contributed by atoms with E-state index < -0.39 is 23.2 Å². The third-order valence-electron chi connectivity index (χ3n) is 4.21. The number of rotatable bonds is 1. The fraction of sp³-hybridized carbons (Fsp3) is 0.263. The van der Waals surface area contributed by atoms with Gasteiger partial charge in [0.2, 0.25) is 0 Å². The fourth-order valence-corrected chi connectivity index (χ4v) is 3.42. The van der Waals surface area contributed by atoms with Gasteiger partial charge in [-0.1, -0.05) is 50.6 Å². The zero-order valence-electron chi connectivity index (χ0n) is 14.7. The minimum atomic E-state index is -4.64. The highest BCUT2D eigenvalue weighted by molar-refractivity contribution is 6.29. The number of carboxylic acid groups (broad SMARTS) is 1. The second kappa shape index (κ2) is 6.27. The van der Waals surface area contributed by atoms with Gasteiger partial charge in [0, 0.05) is 10.9 Å². The summed E-state index contributed by atoms with van der Waals surface area (Å²) < 4.78 is 41.6. The Morgan fingerprint density at radius 2 is 1.74 bits per heavy atom. The number of hydrogen-bond acceptors (Lipinski definition) is 2. The van der Waals surface area contributed by atoms with Gasteiger partial charge < -0.3 is 5.11 Å². The van der Waals surface area contributed by atoms with Gasteiger partial charge in [0.25, 0.3) is 0 Å². The van der Waals surface area contributed by atoms with Gasteiger partial charge in [-0.15, -0.1) is 0 Å². The smallest absolute Gasteiger partial charge is 0.417 e. The summed E-state index contributed by atoms with van der Waals surface area (Å²) in [5.41, 5.74) is -1.36. The molecular weight excluding hydrogens is 381 g/mol. The molecule has 0 aliphatic heterocycles. The zero-order valence-corrected chi connectivity index (χ0v) is 15.5. The monoisotopic (exact) mass is 396 g/mol. The number of nitrogens with zero attached hydrogens (tertiary/aromatic N) is 2. The predicted octanol–water partition coefficient (Wildman–Crippen LogP) is 6.20. The minimum absolute atomic E-state index is 0.00639. The number of hydrogen-bond donors (Lipinski definition) is 1. The number of benzene rings is 1. The normalized spacial score (nSPS) is 12.6. The van der Waals surface area contributed by atoms with E-state index in [1.165, 1.54) is 24.3 Å². The summed E-state index contributed by atoms with van der Waals surface area (Å²) in [4.78, 5) is 16.1. The molecule has 2 aromatic heterocycles. The third-order valence-corrected chi connectivity index (χ3v) is 4.42. The van der Waals surface area contributed by atoms with E-state index in [9.17, 15) is 23.1 Å². The van der Waals surface area contributed by atoms with Gasteiger partial charge >= 0.3 is 12.3 Å². The van der Waals surface area contributed by atoms with Crippen LogP contribution >= 0.6 is 11.6 Å². The summed E-state index contributed by atoms with van der Waals surface area (Å²) in [5, 5.41) is 10.3. The molecule has 0 spiro atoms. The van der Waals surface area contributed by atoms with Crippen molar-refractivity contribution in [2.24, 2.45) is 0 Å². The van der Waals surface area contributed by atoms with Gasteiger partial charge in [0.05, 0.1) is 11.3 Å². The van der Waals surface area contributed by atoms with Crippen LogP contribution in [0.4, 0.5) is 18.0 Å². The highest BCUT2D eigenvalue weighted by Crippen LogP contribution is 2.45. The topological polar surface area (TPSA) is 55.1 Å². The molecule has 142 valence electrons. The van der Waals surface area contributed by atoms with Gasteiger partial charge in [-0.2, -0.15) is 13.2 Å². The van der Waals surface area contributed by atoms with Crippen LogP contribution in [0.2, 0.25) is 5.15 Å². The van der Waals surface area contributed by atoms with Gasteiger partial charge in [-0.25, -0.2) is 14.3 Å². The number of aromatic nitrogens is 2. The highest BCUT2D eigenvalue weighted by atomic mass is 35.5. The van der Waals surface area contributed by atoms with E-state index in [0.29, 0.717) is 10.9 Å². The SMILES string of the molecule is CC(C)(C)c1c(-c2ccccc2C(F)(F)F)n(C(=O)O)c2nc(Cl)ccc12. The molecule has 0 aliphatic carbocycles. The van der Waals surface area contributed by atoms with Crippen LogP contribution in [0.1, 0.15) is 31.9 Å². The molecule has 0 saturated carbocycles. The van der Waals surface area contributed by atoms with Crippen LogP contribution in [0.5, 0.6) is 0 Å². The van der Waals surface area contributed by atoms with Crippen LogP contribution in [0.25, 0.3) is 22.3 Å². The lowest BCUT2D eigenvalue weighted by Gasteiger charge is -2.22. The van der Waals surface area contributed by atoms with Crippen LogP contribution in [0.3, 0.4) is 0 Å². The van der Waals surface area contributed by atoms with E-state index >= 15 is 0 Å². The predicted molar refractivity (Wildman–Crippen MR) is 97.3 cm³/mol. The first kappa shape index (κ1) is 19.2. The van der Waals surface area contributed by atoms with Crippen molar-refractivity contribution in [3.8, 4) is 11.3 Å². The van der Waals surface area contributed by atoms with Gasteiger partial charge in [0.15, 0.2) is 5.65 Å². The Bertz CT molecular complexity index is 1050. The Morgan fingerprint density at radius 1 is 1.11 bits per heavy atom. The van der Waals surface area contributed by atoms with Crippen LogP contribution in [-0.4, -0.2) is 20.8 Å². The van der Waals surface area contributed by atoms with E-state index in [1.807, 2.05) is 20.8 Å². The Balaban J connectivity index is 2.58. The number of alkyl halides is 3. The van der Waals surface area contributed by atoms with Crippen molar-refractivity contribution in [1.29, 1.82) is 0 Å². The molecule has 1 N–H and O–H groups in total. The third kappa shape index (κ3) is 3.27. The average Bonchev–Trinajstić information content (AvgIpc) is 2.88. The molecule has 0 aliphatic rings. The minimum Gasteiger partial charge on any atom is -0.464 e. The molecular formula is C19H16ClF3N2O2. The molecule has 8 heteroatoms. The first-order valence-electron chi connectivity index (χ1n) is 8.04. The standard InChI is InChI=1S/C19H16ClF3N2O2/c1-18(2,3)14-11-8-9-13(20)24-16(11)25(17(26)27)15(14)10-6-4-5-7-12(10)19(21,22)23/h4-9H,1-3H3,(H,26,27). The Kier molecular flexibility index (Phi) is 4.46. The van der Waals surface area contributed by atoms with Crippen molar-refractivity contribution in [2.75, 3.05) is 0 Å². The summed E-state index contributed by atoms with van der Waals surface area (Å²) in [5.74, 6) is 0. The Morgan fingerprint density at radius 3 is 2.30 bits per heavy atom. The Labute approximate surface area is 158 Å². The Hall–Kier alpha value is -2.54. The quantitative estimate of drug-likeness (QED) is 0.498. The summed E-state index contributed by atoms with van der Waals surface area (Å²) >= 11 is 5.92. The van der Waals surface area contributed by atoms with Crippen molar-refractivity contribution in [3.63, 3.8) is 0 Å². The van der Waals surface area contributed by atoms with E-state index in [-0.39, 0.29) is 22.1 Å². The van der Waals surface area contributed by atoms with Gasteiger partial charge in [-0.3, -0.25) is 0 Å². The molecule has 0 bridgehead atoms. The molecule has 3 rings (SSSR count). The molecule has 0 amide bonds. The van der Waals surface area contributed by atoms with Crippen LogP contribution in [-0.2, 0) is 11.6 Å². The lowest BCUT2D eigenvalue weighted by atomic mass is 9.83. The van der Waals surface area contributed by atoms with E-state index in [2.05, 4.69) is 4.98 Å². The second-order valence-corrected chi connectivity index (χ2v) is 7.53. The molecule has 0 radical (unpaired) electrons. The van der Waals surface area contributed by atoms with E-state index in [4.69, 9.17) is 11.6 Å². The molecule has 0 atom stereocenters. The summed E-state index contributed by atoms with van der Waals surface area (Å²) in [6.07, 6.45) is -6.08. The molecule has 1 aromatic carbocycles. The maximum atomic E-state index is 13.6. The number of carbonyl (C=O) groups is 1. The molecule has 0 fully saturated rings. The molecule has 0 saturated heterocycles. The molecule has 3 aromatic rings. The van der Waals surface area contributed by atoms with Gasteiger partial charge in [0.1, 0.15) is 5.15 Å². The highest BCUT2D eigenvalue weighted by Gasteiger charge is 2.37. The van der Waals surface area contributed by atoms with Crippen LogP contribution in [0, 0.1) is 0 Å². The second-order valence-electron chi connectivity index (χ2n) is 7.14. The van der Waals surface area contributed by atoms with E-state index in [1.54, 1.807) is 6.07 Å². The van der Waals surface area contributed by atoms with Crippen molar-refractivity contribution < 1.29 is 23.1 Å². The van der Waals surface area contributed by atoms with Crippen LogP contribution in [0.15, 0.2) is 36.4 Å². The van der Waals surface area contributed by atoms with E-state index in [0.717, 1.165) is 10.6 Å². The molecule has 0 unspecified atom stereocenters. The van der Waals surface area contributed by atoms with Gasteiger partial charge in [-0.05, 0) is 29.2 Å². The average molecular weight is 397 g/mol. The lowest BCUT2D eigenvalue weighted by molar-refractivity contribution is -0.137. The molecule has 4 nitrogen and oxygen atoms in total. The van der Waals surface area contributed by atoms with Crippen LogP contribution < -0.4 is 0 Å². The molecule has 2 heterocycles. The lowest BCUT2D eigenvalue weighted by Crippen LogP contribution is -2.17. The summed E-state index contributed by atoms with van der Waals surface area (Å²) in [6, 6.07) is 8.00. The van der Waals surface area contributed by atoms with Crippen molar-refractivity contribution >= 4 is 28.7 Å². The fourth-order valence-electron chi connectivity index (χ4n) is 3.27. The van der Waals surface area contributed by atoms with Crippen molar-refractivity contribution in [2.45, 2.75) is 32.4 Å². The molecule has 27 heavy (non-hydrogen) atoms. The van der Waals surface area contributed by atoms with Crippen molar-refractivity contribution in [3.05, 3.63) is 52.7 Å².